The molecule has 116 valence electrons. The van der Waals surface area contributed by atoms with Gasteiger partial charge in [0, 0.05) is 11.8 Å². The van der Waals surface area contributed by atoms with Gasteiger partial charge in [0.15, 0.2) is 0 Å². The summed E-state index contributed by atoms with van der Waals surface area (Å²) in [6.07, 6.45) is 2.88. The highest BCUT2D eigenvalue weighted by Crippen LogP contribution is 2.25. The van der Waals surface area contributed by atoms with Crippen LogP contribution in [0, 0.1) is 6.92 Å². The molecule has 1 nitrogen and oxygen atoms in total. The summed E-state index contributed by atoms with van der Waals surface area (Å²) in [5.41, 5.74) is 7.63. The lowest BCUT2D eigenvalue weighted by Crippen LogP contribution is -1.95. The molecule has 3 aromatic rings. The van der Waals surface area contributed by atoms with Gasteiger partial charge in [-0.25, -0.2) is 0 Å². The lowest BCUT2D eigenvalue weighted by atomic mass is 9.96. The van der Waals surface area contributed by atoms with Gasteiger partial charge in [-0.2, -0.15) is 0 Å². The number of nitrogens with zero attached hydrogens (tertiary/aromatic N) is 1. The third-order valence-corrected chi connectivity index (χ3v) is 4.33. The second kappa shape index (κ2) is 6.78. The normalized spacial score (nSPS) is 11.0. The van der Waals surface area contributed by atoms with Crippen LogP contribution in [0.2, 0.25) is 0 Å². The molecule has 0 aliphatic heterocycles. The standard InChI is InChI=1S/C22H23N/c1-16(2)19-11-12-23-22(15-19)20-10-9-17(3)21(14-20)13-18-7-5-4-6-8-18/h4-12,14-16H,13H2,1-3H3. The predicted molar refractivity (Wildman–Crippen MR) is 97.7 cm³/mol. The zero-order valence-electron chi connectivity index (χ0n) is 14.1. The van der Waals surface area contributed by atoms with Gasteiger partial charge in [0.1, 0.15) is 0 Å². The molecule has 0 N–H and O–H groups in total. The van der Waals surface area contributed by atoms with Crippen LogP contribution in [0.5, 0.6) is 0 Å². The highest BCUT2D eigenvalue weighted by Gasteiger charge is 2.07. The molecule has 1 aromatic heterocycles. The van der Waals surface area contributed by atoms with E-state index in [9.17, 15) is 0 Å². The molecular formula is C22H23N. The zero-order valence-corrected chi connectivity index (χ0v) is 14.1. The monoisotopic (exact) mass is 301 g/mol. The van der Waals surface area contributed by atoms with Crippen LogP contribution in [0.15, 0.2) is 66.9 Å². The van der Waals surface area contributed by atoms with Crippen molar-refractivity contribution in [2.24, 2.45) is 0 Å². The highest BCUT2D eigenvalue weighted by molar-refractivity contribution is 5.62. The first-order valence-corrected chi connectivity index (χ1v) is 8.23. The van der Waals surface area contributed by atoms with E-state index in [0.29, 0.717) is 5.92 Å². The topological polar surface area (TPSA) is 12.9 Å². The van der Waals surface area contributed by atoms with Crippen LogP contribution in [-0.2, 0) is 6.42 Å². The Morgan fingerprint density at radius 1 is 0.913 bits per heavy atom. The van der Waals surface area contributed by atoms with Crippen molar-refractivity contribution in [2.45, 2.75) is 33.1 Å². The zero-order chi connectivity index (χ0) is 16.2. The van der Waals surface area contributed by atoms with Crippen LogP contribution in [-0.4, -0.2) is 4.98 Å². The molecule has 0 amide bonds. The number of pyridine rings is 1. The van der Waals surface area contributed by atoms with Gasteiger partial charge in [-0.05, 0) is 59.7 Å². The Morgan fingerprint density at radius 3 is 2.43 bits per heavy atom. The van der Waals surface area contributed by atoms with Gasteiger partial charge in [-0.3, -0.25) is 4.98 Å². The van der Waals surface area contributed by atoms with Crippen molar-refractivity contribution < 1.29 is 0 Å². The van der Waals surface area contributed by atoms with Crippen LogP contribution >= 0.6 is 0 Å². The van der Waals surface area contributed by atoms with E-state index in [1.807, 2.05) is 6.20 Å². The third-order valence-electron chi connectivity index (χ3n) is 4.33. The third kappa shape index (κ3) is 3.68. The maximum Gasteiger partial charge on any atom is 0.0704 e. The number of rotatable bonds is 4. The summed E-state index contributed by atoms with van der Waals surface area (Å²) in [5, 5.41) is 0. The lowest BCUT2D eigenvalue weighted by Gasteiger charge is -2.11. The Bertz CT molecular complexity index is 788. The molecular weight excluding hydrogens is 278 g/mol. The van der Waals surface area contributed by atoms with Crippen LogP contribution in [0.1, 0.15) is 42.0 Å². The van der Waals surface area contributed by atoms with Crippen molar-refractivity contribution in [2.75, 3.05) is 0 Å². The van der Waals surface area contributed by atoms with Gasteiger partial charge in [-0.1, -0.05) is 56.3 Å². The van der Waals surface area contributed by atoms with Crippen molar-refractivity contribution in [3.05, 3.63) is 89.1 Å². The second-order valence-corrected chi connectivity index (χ2v) is 6.43. The molecule has 0 saturated carbocycles. The van der Waals surface area contributed by atoms with Gasteiger partial charge in [0.2, 0.25) is 0 Å². The molecule has 0 aliphatic rings. The average molecular weight is 301 g/mol. The Hall–Kier alpha value is -2.41. The predicted octanol–water partition coefficient (Wildman–Crippen LogP) is 5.77. The van der Waals surface area contributed by atoms with E-state index in [1.165, 1.54) is 27.8 Å². The van der Waals surface area contributed by atoms with E-state index < -0.39 is 0 Å². The minimum Gasteiger partial charge on any atom is -0.256 e. The molecule has 1 heteroatoms. The first kappa shape index (κ1) is 15.5. The Labute approximate surface area is 139 Å². The number of hydrogen-bond donors (Lipinski definition) is 0. The Morgan fingerprint density at radius 2 is 1.70 bits per heavy atom. The molecule has 0 bridgehead atoms. The minimum absolute atomic E-state index is 0.519. The average Bonchev–Trinajstić information content (AvgIpc) is 2.58. The summed E-state index contributed by atoms with van der Waals surface area (Å²) in [4.78, 5) is 4.57. The molecule has 23 heavy (non-hydrogen) atoms. The molecule has 0 saturated heterocycles. The number of benzene rings is 2. The molecule has 0 radical (unpaired) electrons. The van der Waals surface area contributed by atoms with E-state index >= 15 is 0 Å². The molecule has 0 fully saturated rings. The summed E-state index contributed by atoms with van der Waals surface area (Å²) >= 11 is 0. The van der Waals surface area contributed by atoms with E-state index in [4.69, 9.17) is 0 Å². The molecule has 0 spiro atoms. The summed E-state index contributed by atoms with van der Waals surface area (Å²) in [5.74, 6) is 0.519. The summed E-state index contributed by atoms with van der Waals surface area (Å²) < 4.78 is 0. The fraction of sp³-hybridized carbons (Fsp3) is 0.227. The first-order valence-electron chi connectivity index (χ1n) is 8.23. The van der Waals surface area contributed by atoms with Gasteiger partial charge < -0.3 is 0 Å². The highest BCUT2D eigenvalue weighted by atomic mass is 14.7. The smallest absolute Gasteiger partial charge is 0.0704 e. The van der Waals surface area contributed by atoms with Crippen molar-refractivity contribution in [3.8, 4) is 11.3 Å². The van der Waals surface area contributed by atoms with Crippen LogP contribution < -0.4 is 0 Å². The van der Waals surface area contributed by atoms with Crippen molar-refractivity contribution in [1.82, 2.24) is 4.98 Å². The van der Waals surface area contributed by atoms with Gasteiger partial charge in [0.25, 0.3) is 0 Å². The maximum absolute atomic E-state index is 4.57. The molecule has 1 heterocycles. The maximum atomic E-state index is 4.57. The van der Waals surface area contributed by atoms with E-state index in [0.717, 1.165) is 12.1 Å². The van der Waals surface area contributed by atoms with Gasteiger partial charge in [-0.15, -0.1) is 0 Å². The SMILES string of the molecule is Cc1ccc(-c2cc(C(C)C)ccn2)cc1Cc1ccccc1. The van der Waals surface area contributed by atoms with Crippen LogP contribution in [0.25, 0.3) is 11.3 Å². The second-order valence-electron chi connectivity index (χ2n) is 6.43. The van der Waals surface area contributed by atoms with Crippen molar-refractivity contribution in [3.63, 3.8) is 0 Å². The van der Waals surface area contributed by atoms with Crippen molar-refractivity contribution in [1.29, 1.82) is 0 Å². The molecule has 0 unspecified atom stereocenters. The van der Waals surface area contributed by atoms with Crippen LogP contribution in [0.4, 0.5) is 0 Å². The molecule has 2 aromatic carbocycles. The van der Waals surface area contributed by atoms with E-state index in [-0.39, 0.29) is 0 Å². The number of aromatic nitrogens is 1. The fourth-order valence-electron chi connectivity index (χ4n) is 2.80. The molecule has 0 atom stereocenters. The lowest BCUT2D eigenvalue weighted by molar-refractivity contribution is 0.864. The quantitative estimate of drug-likeness (QED) is 0.596. The Kier molecular flexibility index (Phi) is 4.57. The number of aryl methyl sites for hydroxylation is 1. The number of hydrogen-bond acceptors (Lipinski definition) is 1. The van der Waals surface area contributed by atoms with Crippen LogP contribution in [0.3, 0.4) is 0 Å². The van der Waals surface area contributed by atoms with E-state index in [1.54, 1.807) is 0 Å². The summed E-state index contributed by atoms with van der Waals surface area (Å²) in [6, 6.07) is 21.6. The van der Waals surface area contributed by atoms with Gasteiger partial charge >= 0.3 is 0 Å². The minimum atomic E-state index is 0.519. The molecule has 3 rings (SSSR count). The largest absolute Gasteiger partial charge is 0.256 e. The van der Waals surface area contributed by atoms with Crippen molar-refractivity contribution >= 4 is 0 Å². The first-order chi connectivity index (χ1) is 11.1. The fourth-order valence-corrected chi connectivity index (χ4v) is 2.80. The van der Waals surface area contributed by atoms with Gasteiger partial charge in [0.05, 0.1) is 5.69 Å². The summed E-state index contributed by atoms with van der Waals surface area (Å²) in [6.45, 7) is 6.62. The molecule has 0 aliphatic carbocycles. The van der Waals surface area contributed by atoms with E-state index in [2.05, 4.69) is 86.4 Å². The summed E-state index contributed by atoms with van der Waals surface area (Å²) in [7, 11) is 0. The Balaban J connectivity index is 1.95.